The van der Waals surface area contributed by atoms with Crippen LogP contribution >= 0.6 is 0 Å². The van der Waals surface area contributed by atoms with E-state index < -0.39 is 0 Å². The first-order valence-electron chi connectivity index (χ1n) is 3.35. The predicted molar refractivity (Wildman–Crippen MR) is 45.8 cm³/mol. The van der Waals surface area contributed by atoms with Crippen molar-refractivity contribution in [3.8, 4) is 12.3 Å². The Kier molecular flexibility index (Phi) is 1.23. The van der Waals surface area contributed by atoms with Crippen LogP contribution in [0.2, 0.25) is 0 Å². The summed E-state index contributed by atoms with van der Waals surface area (Å²) in [4.78, 5) is 8.24. The second-order valence-corrected chi connectivity index (χ2v) is 2.36. The lowest BCUT2D eigenvalue weighted by atomic mass is 10.1. The van der Waals surface area contributed by atoms with Crippen molar-refractivity contribution in [3.63, 3.8) is 0 Å². The molecule has 2 heterocycles. The van der Waals surface area contributed by atoms with Crippen LogP contribution in [-0.2, 0) is 0 Å². The predicted octanol–water partition coefficient (Wildman–Crippen LogP) is 0.967. The Morgan fingerprint density at radius 1 is 1.45 bits per heavy atom. The van der Waals surface area contributed by atoms with Crippen LogP contribution in [0.15, 0.2) is 33.3 Å². The summed E-state index contributed by atoms with van der Waals surface area (Å²) in [5.41, 5.74) is 1.90. The third-order valence-electron chi connectivity index (χ3n) is 1.64. The second kappa shape index (κ2) is 2.21. The molecular weight excluding hydrogens is 136 g/mol. The van der Waals surface area contributed by atoms with Crippen LogP contribution in [-0.4, -0.2) is 18.6 Å². The summed E-state index contributed by atoms with van der Waals surface area (Å²) >= 11 is 0. The summed E-state index contributed by atoms with van der Waals surface area (Å²) in [6, 6.07) is 0. The third kappa shape index (κ3) is 0.908. The van der Waals surface area contributed by atoms with Gasteiger partial charge in [-0.05, 0) is 12.2 Å². The van der Waals surface area contributed by atoms with Gasteiger partial charge in [0.15, 0.2) is 6.17 Å². The maximum absolute atomic E-state index is 5.21. The fourth-order valence-electron chi connectivity index (χ4n) is 1.08. The van der Waals surface area contributed by atoms with E-state index in [0.717, 1.165) is 11.1 Å². The fraction of sp³-hybridized carbons (Fsp3) is 0.111. The van der Waals surface area contributed by atoms with Crippen molar-refractivity contribution in [2.45, 2.75) is 6.17 Å². The van der Waals surface area contributed by atoms with Gasteiger partial charge in [-0.15, -0.1) is 6.42 Å². The van der Waals surface area contributed by atoms with Gasteiger partial charge in [-0.3, -0.25) is 9.98 Å². The number of fused-ring (bicyclic) bond motifs is 1. The Morgan fingerprint density at radius 2 is 2.36 bits per heavy atom. The van der Waals surface area contributed by atoms with Crippen LogP contribution in [0.1, 0.15) is 0 Å². The molecule has 0 bridgehead atoms. The summed E-state index contributed by atoms with van der Waals surface area (Å²) in [5.74, 6) is 2.53. The van der Waals surface area contributed by atoms with E-state index in [2.05, 4.69) is 15.9 Å². The van der Waals surface area contributed by atoms with Crippen molar-refractivity contribution in [3.05, 3.63) is 23.3 Å². The van der Waals surface area contributed by atoms with Gasteiger partial charge in [0.1, 0.15) is 0 Å². The zero-order valence-corrected chi connectivity index (χ0v) is 5.86. The molecule has 0 saturated carbocycles. The first-order chi connectivity index (χ1) is 5.40. The highest BCUT2D eigenvalue weighted by Crippen LogP contribution is 2.18. The van der Waals surface area contributed by atoms with Crippen molar-refractivity contribution in [2.75, 3.05) is 0 Å². The first kappa shape index (κ1) is 6.11. The number of rotatable bonds is 0. The minimum Gasteiger partial charge on any atom is -0.262 e. The van der Waals surface area contributed by atoms with Gasteiger partial charge < -0.3 is 0 Å². The van der Waals surface area contributed by atoms with Crippen molar-refractivity contribution < 1.29 is 0 Å². The van der Waals surface area contributed by atoms with Crippen LogP contribution in [0.25, 0.3) is 0 Å². The van der Waals surface area contributed by atoms with Crippen LogP contribution < -0.4 is 0 Å². The average molecular weight is 142 g/mol. The molecule has 2 nitrogen and oxygen atoms in total. The van der Waals surface area contributed by atoms with Gasteiger partial charge in [-0.2, -0.15) is 0 Å². The quantitative estimate of drug-likeness (QED) is 0.450. The molecule has 0 aromatic heterocycles. The number of hydrogen-bond acceptors (Lipinski definition) is 2. The van der Waals surface area contributed by atoms with Gasteiger partial charge >= 0.3 is 0 Å². The highest BCUT2D eigenvalue weighted by Gasteiger charge is 2.15. The van der Waals surface area contributed by atoms with E-state index in [9.17, 15) is 0 Å². The summed E-state index contributed by atoms with van der Waals surface area (Å²) in [5, 5.41) is 0. The van der Waals surface area contributed by atoms with E-state index in [1.54, 1.807) is 12.4 Å². The van der Waals surface area contributed by atoms with Gasteiger partial charge in [0.2, 0.25) is 0 Å². The fourth-order valence-corrected chi connectivity index (χ4v) is 1.08. The molecule has 0 fully saturated rings. The van der Waals surface area contributed by atoms with Crippen LogP contribution in [0.4, 0.5) is 0 Å². The molecule has 0 aromatic carbocycles. The Bertz CT molecular complexity index is 337. The molecule has 0 radical (unpaired) electrons. The molecule has 1 atom stereocenters. The zero-order valence-electron chi connectivity index (χ0n) is 5.86. The lowest BCUT2D eigenvalue weighted by Gasteiger charge is -2.08. The molecule has 0 saturated heterocycles. The van der Waals surface area contributed by atoms with Crippen molar-refractivity contribution >= 4 is 12.4 Å². The molecule has 52 valence electrons. The Hall–Kier alpha value is -1.62. The molecule has 0 unspecified atom stereocenters. The third-order valence-corrected chi connectivity index (χ3v) is 1.64. The summed E-state index contributed by atoms with van der Waals surface area (Å²) in [7, 11) is 0. The zero-order chi connectivity index (χ0) is 7.68. The molecule has 2 aliphatic rings. The van der Waals surface area contributed by atoms with E-state index in [0.29, 0.717) is 0 Å². The summed E-state index contributed by atoms with van der Waals surface area (Å²) in [6.07, 6.45) is 12.5. The summed E-state index contributed by atoms with van der Waals surface area (Å²) in [6.45, 7) is 0. The van der Waals surface area contributed by atoms with Crippen molar-refractivity contribution in [1.82, 2.24) is 0 Å². The highest BCUT2D eigenvalue weighted by atomic mass is 15.0. The van der Waals surface area contributed by atoms with Gasteiger partial charge in [-0.25, -0.2) is 0 Å². The van der Waals surface area contributed by atoms with E-state index in [-0.39, 0.29) is 6.17 Å². The first-order valence-corrected chi connectivity index (χ1v) is 3.35. The normalized spacial score (nSPS) is 25.5. The van der Waals surface area contributed by atoms with Gasteiger partial charge in [0, 0.05) is 23.6 Å². The molecule has 0 aliphatic carbocycles. The standard InChI is InChI=1S/C9H6N2/c1-2-7-5-8-3-4-10-9(8)11-6-7/h1,3-6,9H/t9-/m0/s1. The summed E-state index contributed by atoms with van der Waals surface area (Å²) < 4.78 is 0. The van der Waals surface area contributed by atoms with Crippen LogP contribution in [0, 0.1) is 12.3 Å². The van der Waals surface area contributed by atoms with Crippen LogP contribution in [0.5, 0.6) is 0 Å². The Balaban J connectivity index is 2.39. The molecule has 11 heavy (non-hydrogen) atoms. The molecule has 2 rings (SSSR count). The second-order valence-electron chi connectivity index (χ2n) is 2.36. The smallest absolute Gasteiger partial charge is 0.165 e. The topological polar surface area (TPSA) is 24.7 Å². The van der Waals surface area contributed by atoms with Gasteiger partial charge in [0.25, 0.3) is 0 Å². The number of dihydropyridines is 1. The minimum atomic E-state index is -0.0212. The molecule has 0 spiro atoms. The molecule has 2 heteroatoms. The monoisotopic (exact) mass is 142 g/mol. The SMILES string of the molecule is C#CC1=CC2=CC=N[C@H]2N=C1. The Labute approximate surface area is 65.1 Å². The Morgan fingerprint density at radius 3 is 3.18 bits per heavy atom. The number of nitrogens with zero attached hydrogens (tertiary/aromatic N) is 2. The maximum Gasteiger partial charge on any atom is 0.165 e. The minimum absolute atomic E-state index is 0.0212. The molecule has 2 aliphatic heterocycles. The molecular formula is C9H6N2. The number of terminal acetylenes is 1. The molecule has 0 aromatic rings. The molecule has 0 amide bonds. The van der Waals surface area contributed by atoms with E-state index in [4.69, 9.17) is 6.42 Å². The average Bonchev–Trinajstić information content (AvgIpc) is 2.50. The van der Waals surface area contributed by atoms with Crippen molar-refractivity contribution in [1.29, 1.82) is 0 Å². The number of aliphatic imine (C=N–C) groups is 2. The van der Waals surface area contributed by atoms with E-state index in [1.807, 2.05) is 12.2 Å². The largest absolute Gasteiger partial charge is 0.262 e. The molecule has 0 N–H and O–H groups in total. The highest BCUT2D eigenvalue weighted by molar-refractivity contribution is 5.89. The lowest BCUT2D eigenvalue weighted by Crippen LogP contribution is -2.05. The van der Waals surface area contributed by atoms with Crippen LogP contribution in [0.3, 0.4) is 0 Å². The van der Waals surface area contributed by atoms with E-state index in [1.165, 1.54) is 0 Å². The number of allylic oxidation sites excluding steroid dienone is 2. The van der Waals surface area contributed by atoms with E-state index >= 15 is 0 Å². The number of hydrogen-bond donors (Lipinski definition) is 0. The van der Waals surface area contributed by atoms with Gasteiger partial charge in [0.05, 0.1) is 0 Å². The van der Waals surface area contributed by atoms with Crippen molar-refractivity contribution in [2.24, 2.45) is 9.98 Å². The lowest BCUT2D eigenvalue weighted by molar-refractivity contribution is 0.861. The maximum atomic E-state index is 5.21. The van der Waals surface area contributed by atoms with Gasteiger partial charge in [-0.1, -0.05) is 5.92 Å².